The van der Waals surface area contributed by atoms with Gasteiger partial charge in [-0.2, -0.15) is 0 Å². The third-order valence-electron chi connectivity index (χ3n) is 4.33. The first-order chi connectivity index (χ1) is 11.6. The van der Waals surface area contributed by atoms with Gasteiger partial charge in [0, 0.05) is 23.1 Å². The molecule has 0 amide bonds. The Labute approximate surface area is 138 Å². The molecule has 1 fully saturated rings. The van der Waals surface area contributed by atoms with Gasteiger partial charge in [-0.1, -0.05) is 6.07 Å². The highest BCUT2D eigenvalue weighted by molar-refractivity contribution is 6.03. The number of pyridine rings is 1. The molecule has 4 rings (SSSR count). The zero-order valence-corrected chi connectivity index (χ0v) is 13.3. The molecule has 1 aromatic carbocycles. The number of nitrogens with zero attached hydrogens (tertiary/aromatic N) is 1. The fourth-order valence-corrected chi connectivity index (χ4v) is 3.01. The third-order valence-corrected chi connectivity index (χ3v) is 4.33. The van der Waals surface area contributed by atoms with E-state index in [0.717, 1.165) is 11.3 Å². The lowest BCUT2D eigenvalue weighted by atomic mass is 10.1. The zero-order valence-electron chi connectivity index (χ0n) is 13.3. The molecule has 24 heavy (non-hydrogen) atoms. The van der Waals surface area contributed by atoms with E-state index in [1.54, 1.807) is 25.1 Å². The van der Waals surface area contributed by atoms with E-state index in [1.807, 2.05) is 18.3 Å². The van der Waals surface area contributed by atoms with Crippen molar-refractivity contribution < 1.29 is 19.1 Å². The average molecular weight is 323 g/mol. The van der Waals surface area contributed by atoms with Crippen molar-refractivity contribution in [2.24, 2.45) is 0 Å². The fourth-order valence-electron chi connectivity index (χ4n) is 3.01. The fraction of sp³-hybridized carbons (Fsp3) is 0.263. The van der Waals surface area contributed by atoms with Crippen LogP contribution in [0.2, 0.25) is 0 Å². The molecule has 0 atom stereocenters. The lowest BCUT2D eigenvalue weighted by Gasteiger charge is -2.09. The van der Waals surface area contributed by atoms with Crippen LogP contribution in [0, 0.1) is 6.92 Å². The van der Waals surface area contributed by atoms with Gasteiger partial charge in [-0.15, -0.1) is 0 Å². The van der Waals surface area contributed by atoms with Gasteiger partial charge in [0.15, 0.2) is 0 Å². The average Bonchev–Trinajstić information content (AvgIpc) is 3.35. The van der Waals surface area contributed by atoms with Crippen molar-refractivity contribution in [2.75, 3.05) is 0 Å². The minimum atomic E-state index is -0.994. The van der Waals surface area contributed by atoms with Crippen LogP contribution in [0.5, 0.6) is 5.75 Å². The molecule has 0 spiro atoms. The van der Waals surface area contributed by atoms with Gasteiger partial charge in [0.25, 0.3) is 0 Å². The maximum atomic E-state index is 11.4. The molecule has 0 saturated heterocycles. The van der Waals surface area contributed by atoms with Crippen LogP contribution in [0.3, 0.4) is 0 Å². The van der Waals surface area contributed by atoms with Crippen LogP contribution in [-0.4, -0.2) is 16.1 Å². The van der Waals surface area contributed by atoms with Crippen molar-refractivity contribution in [3.05, 3.63) is 59.1 Å². The molecule has 0 unspecified atom stereocenters. The second kappa shape index (κ2) is 5.67. The maximum Gasteiger partial charge on any atom is 0.339 e. The van der Waals surface area contributed by atoms with E-state index in [2.05, 4.69) is 4.98 Å². The van der Waals surface area contributed by atoms with Gasteiger partial charge >= 0.3 is 5.97 Å². The van der Waals surface area contributed by atoms with E-state index in [9.17, 15) is 9.90 Å². The summed E-state index contributed by atoms with van der Waals surface area (Å²) < 4.78 is 11.4. The Morgan fingerprint density at radius 1 is 1.38 bits per heavy atom. The molecule has 3 aromatic rings. The summed E-state index contributed by atoms with van der Waals surface area (Å²) >= 11 is 0. The normalized spacial score (nSPS) is 14.0. The summed E-state index contributed by atoms with van der Waals surface area (Å²) in [7, 11) is 0. The van der Waals surface area contributed by atoms with Gasteiger partial charge in [-0.3, -0.25) is 4.98 Å². The first-order valence-corrected chi connectivity index (χ1v) is 7.96. The number of aromatic nitrogens is 1. The Morgan fingerprint density at radius 3 is 2.96 bits per heavy atom. The Hall–Kier alpha value is -2.82. The number of aryl methyl sites for hydroxylation is 1. The lowest BCUT2D eigenvalue weighted by molar-refractivity contribution is 0.0697. The number of carboxylic acids is 1. The first kappa shape index (κ1) is 14.8. The highest BCUT2D eigenvalue weighted by Gasteiger charge is 2.27. The summed E-state index contributed by atoms with van der Waals surface area (Å²) in [5.41, 5.74) is 2.94. The Kier molecular flexibility index (Phi) is 3.49. The molecule has 5 heteroatoms. The summed E-state index contributed by atoms with van der Waals surface area (Å²) in [4.78, 5) is 15.9. The Morgan fingerprint density at radius 2 is 2.21 bits per heavy atom. The van der Waals surface area contributed by atoms with E-state index in [0.29, 0.717) is 35.0 Å². The van der Waals surface area contributed by atoms with Gasteiger partial charge < -0.3 is 14.3 Å². The molecule has 0 radical (unpaired) electrons. The molecular weight excluding hydrogens is 306 g/mol. The standard InChI is InChI=1S/C19H17NO4/c1-11-17(19(21)22)15-9-14(6-7-16(15)24-11)23-10-13-3-2-8-20-18(13)12-4-5-12/h2-3,6-9,12H,4-5,10H2,1H3,(H,21,22). The number of aromatic carboxylic acids is 1. The quantitative estimate of drug-likeness (QED) is 0.758. The molecule has 0 bridgehead atoms. The molecule has 1 saturated carbocycles. The maximum absolute atomic E-state index is 11.4. The number of benzene rings is 1. The minimum absolute atomic E-state index is 0.190. The van der Waals surface area contributed by atoms with Crippen LogP contribution in [0.1, 0.15) is 46.1 Å². The predicted molar refractivity (Wildman–Crippen MR) is 88.5 cm³/mol. The number of hydrogen-bond acceptors (Lipinski definition) is 4. The van der Waals surface area contributed by atoms with E-state index < -0.39 is 5.97 Å². The van der Waals surface area contributed by atoms with Gasteiger partial charge in [0.1, 0.15) is 29.3 Å². The van der Waals surface area contributed by atoms with Crippen LogP contribution in [0.25, 0.3) is 11.0 Å². The second-order valence-corrected chi connectivity index (χ2v) is 6.11. The van der Waals surface area contributed by atoms with Crippen molar-refractivity contribution in [2.45, 2.75) is 32.3 Å². The van der Waals surface area contributed by atoms with Crippen molar-refractivity contribution in [1.29, 1.82) is 0 Å². The SMILES string of the molecule is Cc1oc2ccc(OCc3cccnc3C3CC3)cc2c1C(=O)O. The minimum Gasteiger partial charge on any atom is -0.489 e. The molecule has 122 valence electrons. The van der Waals surface area contributed by atoms with E-state index in [4.69, 9.17) is 9.15 Å². The van der Waals surface area contributed by atoms with Crippen LogP contribution < -0.4 is 4.74 Å². The summed E-state index contributed by atoms with van der Waals surface area (Å²) in [6, 6.07) is 9.21. The lowest BCUT2D eigenvalue weighted by Crippen LogP contribution is -2.01. The molecular formula is C19H17NO4. The largest absolute Gasteiger partial charge is 0.489 e. The van der Waals surface area contributed by atoms with E-state index in [-0.39, 0.29) is 5.56 Å². The number of carboxylic acid groups (broad SMARTS) is 1. The monoisotopic (exact) mass is 323 g/mol. The number of rotatable bonds is 5. The Balaban J connectivity index is 1.61. The summed E-state index contributed by atoms with van der Waals surface area (Å²) in [5.74, 6) is 0.587. The van der Waals surface area contributed by atoms with Gasteiger partial charge in [-0.25, -0.2) is 4.79 Å². The van der Waals surface area contributed by atoms with E-state index >= 15 is 0 Å². The third kappa shape index (κ3) is 2.62. The molecule has 2 aromatic heterocycles. The molecule has 2 heterocycles. The van der Waals surface area contributed by atoms with Gasteiger partial charge in [-0.05, 0) is 44.0 Å². The summed E-state index contributed by atoms with van der Waals surface area (Å²) in [6.07, 6.45) is 4.19. The van der Waals surface area contributed by atoms with Crippen LogP contribution in [0.4, 0.5) is 0 Å². The molecule has 5 nitrogen and oxygen atoms in total. The van der Waals surface area contributed by atoms with E-state index in [1.165, 1.54) is 12.8 Å². The highest BCUT2D eigenvalue weighted by Crippen LogP contribution is 2.40. The van der Waals surface area contributed by atoms with Gasteiger partial charge in [0.05, 0.1) is 5.69 Å². The van der Waals surface area contributed by atoms with Crippen molar-refractivity contribution >= 4 is 16.9 Å². The van der Waals surface area contributed by atoms with Crippen molar-refractivity contribution in [3.8, 4) is 5.75 Å². The van der Waals surface area contributed by atoms with Gasteiger partial charge in [0.2, 0.25) is 0 Å². The van der Waals surface area contributed by atoms with Crippen molar-refractivity contribution in [3.63, 3.8) is 0 Å². The van der Waals surface area contributed by atoms with Crippen molar-refractivity contribution in [1.82, 2.24) is 4.98 Å². The van der Waals surface area contributed by atoms with Crippen LogP contribution in [0.15, 0.2) is 40.9 Å². The number of fused-ring (bicyclic) bond motifs is 1. The topological polar surface area (TPSA) is 72.6 Å². The summed E-state index contributed by atoms with van der Waals surface area (Å²) in [6.45, 7) is 2.08. The predicted octanol–water partition coefficient (Wildman–Crippen LogP) is 4.29. The summed E-state index contributed by atoms with van der Waals surface area (Å²) in [5, 5.41) is 9.91. The molecule has 0 aliphatic heterocycles. The second-order valence-electron chi connectivity index (χ2n) is 6.11. The van der Waals surface area contributed by atoms with Crippen LogP contribution in [-0.2, 0) is 6.61 Å². The number of furan rings is 1. The number of carbonyl (C=O) groups is 1. The number of ether oxygens (including phenoxy) is 1. The smallest absolute Gasteiger partial charge is 0.339 e. The Bertz CT molecular complexity index is 924. The highest BCUT2D eigenvalue weighted by atomic mass is 16.5. The first-order valence-electron chi connectivity index (χ1n) is 7.96. The molecule has 1 N–H and O–H groups in total. The number of hydrogen-bond donors (Lipinski definition) is 1. The molecule has 1 aliphatic rings. The van der Waals surface area contributed by atoms with Crippen LogP contribution >= 0.6 is 0 Å². The molecule has 1 aliphatic carbocycles. The zero-order chi connectivity index (χ0) is 16.7.